The van der Waals surface area contributed by atoms with Gasteiger partial charge in [-0.05, 0) is 18.5 Å². The molecule has 1 aromatic heterocycles. The Morgan fingerprint density at radius 2 is 2.04 bits per heavy atom. The number of carbonyl (C=O) groups excluding carboxylic acids is 1. The number of hydrogen-bond donors (Lipinski definition) is 1. The van der Waals surface area contributed by atoms with E-state index in [4.69, 9.17) is 5.73 Å². The van der Waals surface area contributed by atoms with Crippen LogP contribution in [0.2, 0.25) is 0 Å². The van der Waals surface area contributed by atoms with Crippen molar-refractivity contribution >= 4 is 29.7 Å². The number of nitrogens with zero attached hydrogens (tertiary/aromatic N) is 2. The Labute approximate surface area is 147 Å². The molecule has 0 bridgehead atoms. The van der Waals surface area contributed by atoms with Crippen molar-refractivity contribution in [2.45, 2.75) is 12.8 Å². The van der Waals surface area contributed by atoms with Gasteiger partial charge in [0.15, 0.2) is 0 Å². The van der Waals surface area contributed by atoms with Crippen LogP contribution in [-0.2, 0) is 12.8 Å². The minimum absolute atomic E-state index is 0. The van der Waals surface area contributed by atoms with Crippen LogP contribution in [-0.4, -0.2) is 35.4 Å². The quantitative estimate of drug-likeness (QED) is 0.744. The number of thiazole rings is 1. The van der Waals surface area contributed by atoms with Crippen LogP contribution in [0.3, 0.4) is 0 Å². The van der Waals surface area contributed by atoms with Gasteiger partial charge in [0.25, 0.3) is 5.91 Å². The molecule has 124 valence electrons. The van der Waals surface area contributed by atoms with E-state index in [2.05, 4.69) is 23.7 Å². The number of carbonyl (C=O) groups is 1. The van der Waals surface area contributed by atoms with Crippen molar-refractivity contribution in [3.05, 3.63) is 64.6 Å². The third-order valence-electron chi connectivity index (χ3n) is 3.28. The maximum Gasteiger partial charge on any atom is 0.273 e. The molecule has 4 nitrogen and oxygen atoms in total. The lowest BCUT2D eigenvalue weighted by atomic mass is 10.1. The van der Waals surface area contributed by atoms with E-state index in [0.717, 1.165) is 11.4 Å². The number of benzene rings is 1. The van der Waals surface area contributed by atoms with Gasteiger partial charge in [-0.2, -0.15) is 0 Å². The molecule has 1 amide bonds. The molecule has 0 spiro atoms. The topological polar surface area (TPSA) is 59.2 Å². The van der Waals surface area contributed by atoms with Gasteiger partial charge in [0.1, 0.15) is 5.69 Å². The highest BCUT2D eigenvalue weighted by Crippen LogP contribution is 2.13. The van der Waals surface area contributed by atoms with Crippen molar-refractivity contribution in [1.82, 2.24) is 9.88 Å². The molecule has 2 aromatic rings. The average molecular weight is 352 g/mol. The highest BCUT2D eigenvalue weighted by atomic mass is 35.5. The zero-order chi connectivity index (χ0) is 15.8. The van der Waals surface area contributed by atoms with E-state index in [1.54, 1.807) is 11.0 Å². The summed E-state index contributed by atoms with van der Waals surface area (Å²) in [4.78, 5) is 18.7. The third kappa shape index (κ3) is 5.78. The Kier molecular flexibility index (Phi) is 8.55. The van der Waals surface area contributed by atoms with Crippen LogP contribution < -0.4 is 5.73 Å². The summed E-state index contributed by atoms with van der Waals surface area (Å²) in [6.07, 6.45) is 3.28. The van der Waals surface area contributed by atoms with Crippen LogP contribution in [0.4, 0.5) is 0 Å². The van der Waals surface area contributed by atoms with Crippen molar-refractivity contribution < 1.29 is 4.79 Å². The summed E-state index contributed by atoms with van der Waals surface area (Å²) in [5.41, 5.74) is 7.24. The lowest BCUT2D eigenvalue weighted by molar-refractivity contribution is 0.0770. The molecule has 0 aliphatic rings. The van der Waals surface area contributed by atoms with Gasteiger partial charge < -0.3 is 10.6 Å². The van der Waals surface area contributed by atoms with Crippen molar-refractivity contribution in [1.29, 1.82) is 0 Å². The van der Waals surface area contributed by atoms with Gasteiger partial charge in [0.05, 0.1) is 5.01 Å². The normalized spacial score (nSPS) is 9.96. The van der Waals surface area contributed by atoms with Crippen molar-refractivity contribution in [3.8, 4) is 0 Å². The van der Waals surface area contributed by atoms with Gasteiger partial charge in [0, 0.05) is 24.9 Å². The second kappa shape index (κ2) is 10.2. The van der Waals surface area contributed by atoms with Crippen LogP contribution in [0, 0.1) is 0 Å². The number of nitrogens with two attached hydrogens (primary N) is 1. The Balaban J connectivity index is 0.00000264. The number of halogens is 1. The van der Waals surface area contributed by atoms with E-state index in [0.29, 0.717) is 31.7 Å². The summed E-state index contributed by atoms with van der Waals surface area (Å²) in [5.74, 6) is -0.0460. The first-order valence-corrected chi connectivity index (χ1v) is 8.21. The van der Waals surface area contributed by atoms with Crippen molar-refractivity contribution in [2.24, 2.45) is 5.73 Å². The average Bonchev–Trinajstić information content (AvgIpc) is 3.01. The summed E-state index contributed by atoms with van der Waals surface area (Å²) in [6, 6.07) is 10.1. The van der Waals surface area contributed by atoms with Gasteiger partial charge in [-0.3, -0.25) is 4.79 Å². The molecule has 0 aliphatic carbocycles. The number of hydrogen-bond acceptors (Lipinski definition) is 4. The molecule has 2 rings (SSSR count). The molecular weight excluding hydrogens is 330 g/mol. The maximum atomic E-state index is 12.6. The zero-order valence-electron chi connectivity index (χ0n) is 13.0. The molecule has 23 heavy (non-hydrogen) atoms. The van der Waals surface area contributed by atoms with Crippen LogP contribution in [0.25, 0.3) is 0 Å². The molecule has 0 fully saturated rings. The molecule has 1 aromatic carbocycles. The SMILES string of the molecule is C=CCN(CCc1ccccc1)C(=O)c1csc(CCN)n1.Cl. The van der Waals surface area contributed by atoms with Gasteiger partial charge in [-0.15, -0.1) is 30.3 Å². The summed E-state index contributed by atoms with van der Waals surface area (Å²) < 4.78 is 0. The van der Waals surface area contributed by atoms with Crippen molar-refractivity contribution in [3.63, 3.8) is 0 Å². The minimum atomic E-state index is -0.0460. The van der Waals surface area contributed by atoms with E-state index in [1.165, 1.54) is 16.9 Å². The Bertz CT molecular complexity index is 615. The van der Waals surface area contributed by atoms with E-state index in [1.807, 2.05) is 23.6 Å². The molecular formula is C17H22ClN3OS. The highest BCUT2D eigenvalue weighted by molar-refractivity contribution is 7.09. The van der Waals surface area contributed by atoms with Crippen LogP contribution in [0.15, 0.2) is 48.4 Å². The van der Waals surface area contributed by atoms with Crippen LogP contribution >= 0.6 is 23.7 Å². The molecule has 0 saturated heterocycles. The minimum Gasteiger partial charge on any atom is -0.333 e. The Morgan fingerprint density at radius 3 is 2.70 bits per heavy atom. The fourth-order valence-corrected chi connectivity index (χ4v) is 2.94. The lowest BCUT2D eigenvalue weighted by Gasteiger charge is -2.20. The molecule has 0 unspecified atom stereocenters. The fraction of sp³-hybridized carbons (Fsp3) is 0.294. The molecule has 0 atom stereocenters. The summed E-state index contributed by atoms with van der Waals surface area (Å²) in [7, 11) is 0. The number of aromatic nitrogens is 1. The molecule has 6 heteroatoms. The van der Waals surface area contributed by atoms with Crippen molar-refractivity contribution in [2.75, 3.05) is 19.6 Å². The predicted molar refractivity (Wildman–Crippen MR) is 98.4 cm³/mol. The monoisotopic (exact) mass is 351 g/mol. The standard InChI is InChI=1S/C17H21N3OS.ClH/c1-2-11-20(12-9-14-6-4-3-5-7-14)17(21)15-13-22-16(19-15)8-10-18;/h2-7,13H,1,8-12,18H2;1H. The summed E-state index contributed by atoms with van der Waals surface area (Å²) in [6.45, 7) is 5.46. The fourth-order valence-electron chi connectivity index (χ4n) is 2.15. The summed E-state index contributed by atoms with van der Waals surface area (Å²) in [5, 5.41) is 2.72. The first-order chi connectivity index (χ1) is 10.7. The number of amides is 1. The van der Waals surface area contributed by atoms with Gasteiger partial charge in [-0.1, -0.05) is 36.4 Å². The predicted octanol–water partition coefficient (Wildman–Crippen LogP) is 2.94. The van der Waals surface area contributed by atoms with Crippen LogP contribution in [0.1, 0.15) is 21.1 Å². The third-order valence-corrected chi connectivity index (χ3v) is 4.19. The molecule has 0 aliphatic heterocycles. The van der Waals surface area contributed by atoms with E-state index >= 15 is 0 Å². The van der Waals surface area contributed by atoms with E-state index in [9.17, 15) is 4.79 Å². The molecule has 0 radical (unpaired) electrons. The first-order valence-electron chi connectivity index (χ1n) is 7.33. The van der Waals surface area contributed by atoms with E-state index in [-0.39, 0.29) is 18.3 Å². The zero-order valence-corrected chi connectivity index (χ0v) is 14.6. The Morgan fingerprint density at radius 1 is 1.30 bits per heavy atom. The van der Waals surface area contributed by atoms with Crippen LogP contribution in [0.5, 0.6) is 0 Å². The largest absolute Gasteiger partial charge is 0.333 e. The Hall–Kier alpha value is -1.69. The van der Waals surface area contributed by atoms with Gasteiger partial charge in [0.2, 0.25) is 0 Å². The van der Waals surface area contributed by atoms with Gasteiger partial charge >= 0.3 is 0 Å². The molecule has 1 heterocycles. The second-order valence-corrected chi connectivity index (χ2v) is 5.88. The highest BCUT2D eigenvalue weighted by Gasteiger charge is 2.17. The first kappa shape index (κ1) is 19.4. The molecule has 0 saturated carbocycles. The van der Waals surface area contributed by atoms with Gasteiger partial charge in [-0.25, -0.2) is 4.98 Å². The summed E-state index contributed by atoms with van der Waals surface area (Å²) >= 11 is 1.49. The number of rotatable bonds is 8. The second-order valence-electron chi connectivity index (χ2n) is 4.94. The maximum absolute atomic E-state index is 12.6. The molecule has 2 N–H and O–H groups in total. The van der Waals surface area contributed by atoms with E-state index < -0.39 is 0 Å². The smallest absolute Gasteiger partial charge is 0.273 e. The lowest BCUT2D eigenvalue weighted by Crippen LogP contribution is -2.33.